The summed E-state index contributed by atoms with van der Waals surface area (Å²) in [6, 6.07) is 17.1. The smallest absolute Gasteiger partial charge is 0.245 e. The average Bonchev–Trinajstić information content (AvgIpc) is 3.39. The van der Waals surface area contributed by atoms with Crippen LogP contribution in [0.15, 0.2) is 60.8 Å². The van der Waals surface area contributed by atoms with E-state index in [1.807, 2.05) is 41.3 Å². The summed E-state index contributed by atoms with van der Waals surface area (Å²) in [4.78, 5) is 18.2. The van der Waals surface area contributed by atoms with Gasteiger partial charge in [0.25, 0.3) is 0 Å². The number of aromatic nitrogens is 3. The Hall–Kier alpha value is -4.16. The number of hydrogen-bond acceptors (Lipinski definition) is 8. The van der Waals surface area contributed by atoms with Crippen LogP contribution in [0.2, 0.25) is 0 Å². The first-order chi connectivity index (χ1) is 19.2. The first-order valence-electron chi connectivity index (χ1n) is 13.0. The van der Waals surface area contributed by atoms with E-state index >= 15 is 0 Å². The van der Waals surface area contributed by atoms with Crippen LogP contribution in [0.25, 0.3) is 16.8 Å². The summed E-state index contributed by atoms with van der Waals surface area (Å²) in [7, 11) is -0.303. The normalized spacial score (nSPS) is 14.3. The van der Waals surface area contributed by atoms with E-state index < -0.39 is 10.0 Å². The van der Waals surface area contributed by atoms with Crippen molar-refractivity contribution in [3.8, 4) is 17.0 Å². The number of rotatable bonds is 8. The number of amides is 1. The Balaban J connectivity index is 1.41. The van der Waals surface area contributed by atoms with Crippen LogP contribution < -0.4 is 20.1 Å². The zero-order valence-corrected chi connectivity index (χ0v) is 23.6. The molecule has 1 fully saturated rings. The molecule has 1 aliphatic rings. The maximum atomic E-state index is 12.3. The molecule has 0 spiro atoms. The molecule has 0 saturated carbocycles. The standard InChI is InChI=1S/C28H33N7O4S/c1-33(40(3,37)38)24-7-5-4-6-22(24)25-11-9-21-18-30-28(32-35(21)25)31-23-10-8-20(16-26(23)39-2)19-12-14-34(15-13-19)27(36)17-29/h4-11,16,18-19H,12-15,17,29H2,1-3H3,(H,31,32). The van der Waals surface area contributed by atoms with Crippen molar-refractivity contribution in [2.75, 3.05) is 49.7 Å². The SMILES string of the molecule is COc1cc(C2CCN(C(=O)CN)CC2)ccc1Nc1ncc2ccc(-c3ccccc3N(C)S(C)(=O)=O)n2n1. The molecule has 11 nitrogen and oxygen atoms in total. The number of para-hydroxylation sites is 1. The molecule has 0 unspecified atom stereocenters. The van der Waals surface area contributed by atoms with Gasteiger partial charge in [0, 0.05) is 25.7 Å². The molecule has 12 heteroatoms. The van der Waals surface area contributed by atoms with Gasteiger partial charge in [-0.3, -0.25) is 9.10 Å². The molecule has 3 heterocycles. The Kier molecular flexibility index (Phi) is 7.63. The molecular weight excluding hydrogens is 530 g/mol. The Morgan fingerprint density at radius 2 is 1.90 bits per heavy atom. The summed E-state index contributed by atoms with van der Waals surface area (Å²) in [5.74, 6) is 1.34. The number of piperidine rings is 1. The monoisotopic (exact) mass is 563 g/mol. The van der Waals surface area contributed by atoms with E-state index in [2.05, 4.69) is 16.4 Å². The first-order valence-corrected chi connectivity index (χ1v) is 14.9. The second-order valence-electron chi connectivity index (χ2n) is 9.83. The molecule has 1 saturated heterocycles. The Bertz CT molecular complexity index is 1650. The minimum absolute atomic E-state index is 0.00991. The van der Waals surface area contributed by atoms with Gasteiger partial charge in [-0.15, -0.1) is 5.10 Å². The minimum atomic E-state index is -3.46. The summed E-state index contributed by atoms with van der Waals surface area (Å²) < 4.78 is 33.2. The van der Waals surface area contributed by atoms with Crippen molar-refractivity contribution in [1.82, 2.24) is 19.5 Å². The number of nitrogens with zero attached hydrogens (tertiary/aromatic N) is 5. The summed E-state index contributed by atoms with van der Waals surface area (Å²) in [6.45, 7) is 1.43. The highest BCUT2D eigenvalue weighted by Gasteiger charge is 2.24. The quantitative estimate of drug-likeness (QED) is 0.334. The van der Waals surface area contributed by atoms with Crippen molar-refractivity contribution in [2.45, 2.75) is 18.8 Å². The molecule has 4 aromatic rings. The number of anilines is 3. The van der Waals surface area contributed by atoms with Crippen LogP contribution in [0.3, 0.4) is 0 Å². The number of nitrogens with two attached hydrogens (primary N) is 1. The number of benzene rings is 2. The number of hydrogen-bond donors (Lipinski definition) is 2. The topological polar surface area (TPSA) is 135 Å². The van der Waals surface area contributed by atoms with E-state index in [1.54, 1.807) is 30.0 Å². The number of nitrogens with one attached hydrogen (secondary N) is 1. The zero-order valence-electron chi connectivity index (χ0n) is 22.7. The molecular formula is C28H33N7O4S. The summed E-state index contributed by atoms with van der Waals surface area (Å²) >= 11 is 0. The second kappa shape index (κ2) is 11.1. The lowest BCUT2D eigenvalue weighted by molar-refractivity contribution is -0.130. The molecule has 1 amide bonds. The van der Waals surface area contributed by atoms with E-state index in [9.17, 15) is 13.2 Å². The highest BCUT2D eigenvalue weighted by Crippen LogP contribution is 2.35. The molecule has 40 heavy (non-hydrogen) atoms. The van der Waals surface area contributed by atoms with Crippen LogP contribution in [0.4, 0.5) is 17.3 Å². The highest BCUT2D eigenvalue weighted by molar-refractivity contribution is 7.92. The Labute approximate surface area is 233 Å². The lowest BCUT2D eigenvalue weighted by Crippen LogP contribution is -2.41. The Morgan fingerprint density at radius 1 is 1.15 bits per heavy atom. The minimum Gasteiger partial charge on any atom is -0.495 e. The van der Waals surface area contributed by atoms with Crippen LogP contribution in [0.1, 0.15) is 24.3 Å². The van der Waals surface area contributed by atoms with Gasteiger partial charge in [0.05, 0.1) is 48.7 Å². The van der Waals surface area contributed by atoms with Gasteiger partial charge in [-0.1, -0.05) is 24.3 Å². The molecule has 1 aliphatic heterocycles. The summed E-state index contributed by atoms with van der Waals surface area (Å²) in [5, 5.41) is 7.98. The van der Waals surface area contributed by atoms with Crippen molar-refractivity contribution in [2.24, 2.45) is 5.73 Å². The maximum absolute atomic E-state index is 12.3. The number of sulfonamides is 1. The molecule has 2 aromatic heterocycles. The molecule has 3 N–H and O–H groups in total. The third-order valence-electron chi connectivity index (χ3n) is 7.38. The molecule has 5 rings (SSSR count). The number of methoxy groups -OCH3 is 1. The van der Waals surface area contributed by atoms with Crippen LogP contribution in [0.5, 0.6) is 5.75 Å². The Morgan fingerprint density at radius 3 is 2.60 bits per heavy atom. The van der Waals surface area contributed by atoms with Crippen molar-refractivity contribution >= 4 is 38.8 Å². The van der Waals surface area contributed by atoms with Gasteiger partial charge in [0.2, 0.25) is 21.9 Å². The van der Waals surface area contributed by atoms with Gasteiger partial charge in [-0.05, 0) is 54.7 Å². The predicted octanol–water partition coefficient (Wildman–Crippen LogP) is 3.21. The fourth-order valence-corrected chi connectivity index (χ4v) is 5.60. The van der Waals surface area contributed by atoms with E-state index in [-0.39, 0.29) is 12.5 Å². The second-order valence-corrected chi connectivity index (χ2v) is 11.8. The number of carbonyl (C=O) groups excluding carboxylic acids is 1. The van der Waals surface area contributed by atoms with Gasteiger partial charge < -0.3 is 20.7 Å². The van der Waals surface area contributed by atoms with Crippen LogP contribution in [-0.2, 0) is 14.8 Å². The van der Waals surface area contributed by atoms with E-state index in [0.29, 0.717) is 42.1 Å². The third-order valence-corrected chi connectivity index (χ3v) is 8.57. The van der Waals surface area contributed by atoms with Gasteiger partial charge in [0.15, 0.2) is 0 Å². The van der Waals surface area contributed by atoms with Crippen molar-refractivity contribution in [1.29, 1.82) is 0 Å². The predicted molar refractivity (Wildman–Crippen MR) is 156 cm³/mol. The van der Waals surface area contributed by atoms with Crippen LogP contribution in [0, 0.1) is 0 Å². The largest absolute Gasteiger partial charge is 0.495 e. The van der Waals surface area contributed by atoms with E-state index in [0.717, 1.165) is 35.2 Å². The fraction of sp³-hybridized carbons (Fsp3) is 0.321. The van der Waals surface area contributed by atoms with Crippen LogP contribution in [-0.4, -0.2) is 73.9 Å². The van der Waals surface area contributed by atoms with Gasteiger partial charge in [-0.25, -0.2) is 17.9 Å². The lowest BCUT2D eigenvalue weighted by Gasteiger charge is -2.32. The number of carbonyl (C=O) groups is 1. The molecule has 210 valence electrons. The van der Waals surface area contributed by atoms with Crippen LogP contribution >= 0.6 is 0 Å². The number of ether oxygens (including phenoxy) is 1. The van der Waals surface area contributed by atoms with Crippen molar-refractivity contribution in [3.05, 3.63) is 66.4 Å². The number of fused-ring (bicyclic) bond motifs is 1. The van der Waals surface area contributed by atoms with E-state index in [1.165, 1.54) is 17.6 Å². The highest BCUT2D eigenvalue weighted by atomic mass is 32.2. The molecule has 0 bridgehead atoms. The third kappa shape index (κ3) is 5.45. The lowest BCUT2D eigenvalue weighted by atomic mass is 9.89. The zero-order chi connectivity index (χ0) is 28.4. The number of likely N-dealkylation sites (tertiary alicyclic amines) is 1. The first kappa shape index (κ1) is 27.4. The van der Waals surface area contributed by atoms with Gasteiger partial charge in [0.1, 0.15) is 5.75 Å². The van der Waals surface area contributed by atoms with Crippen molar-refractivity contribution in [3.63, 3.8) is 0 Å². The molecule has 0 aliphatic carbocycles. The average molecular weight is 564 g/mol. The summed E-state index contributed by atoms with van der Waals surface area (Å²) in [6.07, 6.45) is 4.62. The summed E-state index contributed by atoms with van der Waals surface area (Å²) in [5.41, 5.74) is 10.1. The van der Waals surface area contributed by atoms with E-state index in [4.69, 9.17) is 15.6 Å². The van der Waals surface area contributed by atoms with Gasteiger partial charge in [-0.2, -0.15) is 0 Å². The van der Waals surface area contributed by atoms with Crippen molar-refractivity contribution < 1.29 is 17.9 Å². The van der Waals surface area contributed by atoms with Gasteiger partial charge >= 0.3 is 0 Å². The fourth-order valence-electron chi connectivity index (χ4n) is 5.08. The maximum Gasteiger partial charge on any atom is 0.245 e. The molecule has 0 radical (unpaired) electrons. The molecule has 2 aromatic carbocycles. The molecule has 0 atom stereocenters.